The molecule has 1 aliphatic rings. The predicted octanol–water partition coefficient (Wildman–Crippen LogP) is 1.24. The van der Waals surface area contributed by atoms with Gasteiger partial charge in [-0.1, -0.05) is 12.2 Å². The third-order valence-electron chi connectivity index (χ3n) is 1.89. The van der Waals surface area contributed by atoms with E-state index in [9.17, 15) is 0 Å². The van der Waals surface area contributed by atoms with E-state index in [4.69, 9.17) is 0 Å². The Balaban J connectivity index is 2.15. The van der Waals surface area contributed by atoms with Gasteiger partial charge >= 0.3 is 0 Å². The maximum atomic E-state index is 4.18. The van der Waals surface area contributed by atoms with E-state index in [1.54, 1.807) is 12.4 Å². The Bertz CT molecular complexity index is 268. The van der Waals surface area contributed by atoms with E-state index >= 15 is 0 Å². The first-order valence-electron chi connectivity index (χ1n) is 4.14. The minimum atomic E-state index is 0.835. The highest BCUT2D eigenvalue weighted by atomic mass is 15.2. The molecule has 3 heteroatoms. The molecule has 0 aromatic carbocycles. The standard InChI is InChI=1S/C9H11N3/c1-2-7-12(8-3-1)9-10-5-4-6-11-9/h1-2,4-6H,3,7-8H2. The van der Waals surface area contributed by atoms with Crippen LogP contribution in [0.25, 0.3) is 0 Å². The quantitative estimate of drug-likeness (QED) is 0.580. The van der Waals surface area contributed by atoms with Crippen LogP contribution in [0.1, 0.15) is 6.42 Å². The molecule has 3 nitrogen and oxygen atoms in total. The number of nitrogens with zero attached hydrogens (tertiary/aromatic N) is 3. The van der Waals surface area contributed by atoms with Gasteiger partial charge in [-0.15, -0.1) is 0 Å². The molecule has 1 aliphatic heterocycles. The molecule has 0 fully saturated rings. The molecule has 0 N–H and O–H groups in total. The summed E-state index contributed by atoms with van der Waals surface area (Å²) in [5.74, 6) is 0.835. The molecular weight excluding hydrogens is 150 g/mol. The highest BCUT2D eigenvalue weighted by Gasteiger charge is 2.07. The van der Waals surface area contributed by atoms with Gasteiger partial charge in [0.15, 0.2) is 0 Å². The maximum absolute atomic E-state index is 4.18. The van der Waals surface area contributed by atoms with Crippen molar-refractivity contribution < 1.29 is 0 Å². The van der Waals surface area contributed by atoms with Crippen molar-refractivity contribution in [1.82, 2.24) is 9.97 Å². The van der Waals surface area contributed by atoms with Crippen LogP contribution in [0.3, 0.4) is 0 Å². The van der Waals surface area contributed by atoms with Crippen LogP contribution in [-0.4, -0.2) is 23.1 Å². The van der Waals surface area contributed by atoms with E-state index in [1.807, 2.05) is 6.07 Å². The van der Waals surface area contributed by atoms with Gasteiger partial charge in [-0.25, -0.2) is 9.97 Å². The Labute approximate surface area is 71.8 Å². The Kier molecular flexibility index (Phi) is 2.03. The highest BCUT2D eigenvalue weighted by Crippen LogP contribution is 2.08. The summed E-state index contributed by atoms with van der Waals surface area (Å²) >= 11 is 0. The van der Waals surface area contributed by atoms with E-state index < -0.39 is 0 Å². The number of rotatable bonds is 1. The van der Waals surface area contributed by atoms with Gasteiger partial charge < -0.3 is 4.90 Å². The smallest absolute Gasteiger partial charge is 0.225 e. The molecule has 0 radical (unpaired) electrons. The monoisotopic (exact) mass is 161 g/mol. The lowest BCUT2D eigenvalue weighted by atomic mass is 10.3. The molecule has 0 spiro atoms. The van der Waals surface area contributed by atoms with E-state index in [-0.39, 0.29) is 0 Å². The SMILES string of the molecule is C1=CCN(c2ncccn2)CC1. The van der Waals surface area contributed by atoms with Crippen molar-refractivity contribution in [3.63, 3.8) is 0 Å². The lowest BCUT2D eigenvalue weighted by Crippen LogP contribution is -2.28. The summed E-state index contributed by atoms with van der Waals surface area (Å²) in [6, 6.07) is 1.84. The van der Waals surface area contributed by atoms with Crippen LogP contribution < -0.4 is 4.90 Å². The minimum Gasteiger partial charge on any atom is -0.337 e. The Hall–Kier alpha value is -1.38. The highest BCUT2D eigenvalue weighted by molar-refractivity contribution is 5.31. The van der Waals surface area contributed by atoms with E-state index in [0.717, 1.165) is 25.5 Å². The third-order valence-corrected chi connectivity index (χ3v) is 1.89. The fraction of sp³-hybridized carbons (Fsp3) is 0.333. The Morgan fingerprint density at radius 2 is 2.00 bits per heavy atom. The molecule has 0 amide bonds. The van der Waals surface area contributed by atoms with Gasteiger partial charge in [0.25, 0.3) is 0 Å². The van der Waals surface area contributed by atoms with Crippen molar-refractivity contribution in [2.75, 3.05) is 18.0 Å². The number of aromatic nitrogens is 2. The summed E-state index contributed by atoms with van der Waals surface area (Å²) in [4.78, 5) is 10.5. The van der Waals surface area contributed by atoms with Gasteiger partial charge in [0.2, 0.25) is 5.95 Å². The van der Waals surface area contributed by atoms with Crippen LogP contribution in [0.5, 0.6) is 0 Å². The summed E-state index contributed by atoms with van der Waals surface area (Å²) < 4.78 is 0. The van der Waals surface area contributed by atoms with Crippen LogP contribution in [0.15, 0.2) is 30.6 Å². The summed E-state index contributed by atoms with van der Waals surface area (Å²) in [5, 5.41) is 0. The maximum Gasteiger partial charge on any atom is 0.225 e. The fourth-order valence-electron chi connectivity index (χ4n) is 1.28. The molecule has 0 saturated carbocycles. The molecule has 1 aromatic rings. The minimum absolute atomic E-state index is 0.835. The topological polar surface area (TPSA) is 29.0 Å². The second-order valence-corrected chi connectivity index (χ2v) is 2.75. The Morgan fingerprint density at radius 3 is 2.67 bits per heavy atom. The lowest BCUT2D eigenvalue weighted by Gasteiger charge is -2.22. The molecule has 1 aromatic heterocycles. The molecule has 2 heterocycles. The molecule has 2 rings (SSSR count). The largest absolute Gasteiger partial charge is 0.337 e. The first-order valence-corrected chi connectivity index (χ1v) is 4.14. The molecule has 0 atom stereocenters. The normalized spacial score (nSPS) is 16.5. The summed E-state index contributed by atoms with van der Waals surface area (Å²) in [6.07, 6.45) is 9.00. The molecule has 0 saturated heterocycles. The van der Waals surface area contributed by atoms with Crippen LogP contribution >= 0.6 is 0 Å². The third kappa shape index (κ3) is 1.44. The summed E-state index contributed by atoms with van der Waals surface area (Å²) in [6.45, 7) is 1.96. The molecular formula is C9H11N3. The zero-order valence-electron chi connectivity index (χ0n) is 6.85. The molecule has 0 unspecified atom stereocenters. The first-order chi connectivity index (χ1) is 5.97. The average molecular weight is 161 g/mol. The van der Waals surface area contributed by atoms with Crippen molar-refractivity contribution in [3.8, 4) is 0 Å². The van der Waals surface area contributed by atoms with Crippen molar-refractivity contribution in [3.05, 3.63) is 30.6 Å². The summed E-state index contributed by atoms with van der Waals surface area (Å²) in [5.41, 5.74) is 0. The second kappa shape index (κ2) is 3.34. The van der Waals surface area contributed by atoms with Crippen LogP contribution in [0, 0.1) is 0 Å². The molecule has 0 bridgehead atoms. The van der Waals surface area contributed by atoms with Crippen LogP contribution in [0.4, 0.5) is 5.95 Å². The average Bonchev–Trinajstić information content (AvgIpc) is 2.21. The zero-order chi connectivity index (χ0) is 8.23. The number of hydrogen-bond acceptors (Lipinski definition) is 3. The van der Waals surface area contributed by atoms with Crippen LogP contribution in [-0.2, 0) is 0 Å². The number of anilines is 1. The fourth-order valence-corrected chi connectivity index (χ4v) is 1.28. The van der Waals surface area contributed by atoms with Gasteiger partial charge in [0, 0.05) is 25.5 Å². The van der Waals surface area contributed by atoms with Gasteiger partial charge in [-0.3, -0.25) is 0 Å². The van der Waals surface area contributed by atoms with Gasteiger partial charge in [-0.05, 0) is 12.5 Å². The van der Waals surface area contributed by atoms with Crippen molar-refractivity contribution >= 4 is 5.95 Å². The van der Waals surface area contributed by atoms with Crippen LogP contribution in [0.2, 0.25) is 0 Å². The first kappa shape index (κ1) is 7.28. The van der Waals surface area contributed by atoms with E-state index in [2.05, 4.69) is 27.0 Å². The number of hydrogen-bond donors (Lipinski definition) is 0. The zero-order valence-corrected chi connectivity index (χ0v) is 6.85. The predicted molar refractivity (Wildman–Crippen MR) is 48.0 cm³/mol. The van der Waals surface area contributed by atoms with E-state index in [0.29, 0.717) is 0 Å². The van der Waals surface area contributed by atoms with Crippen molar-refractivity contribution in [2.24, 2.45) is 0 Å². The van der Waals surface area contributed by atoms with E-state index in [1.165, 1.54) is 0 Å². The van der Waals surface area contributed by atoms with Crippen molar-refractivity contribution in [1.29, 1.82) is 0 Å². The van der Waals surface area contributed by atoms with Gasteiger partial charge in [0.05, 0.1) is 0 Å². The van der Waals surface area contributed by atoms with Crippen molar-refractivity contribution in [2.45, 2.75) is 6.42 Å². The van der Waals surface area contributed by atoms with Gasteiger partial charge in [-0.2, -0.15) is 0 Å². The molecule has 12 heavy (non-hydrogen) atoms. The Morgan fingerprint density at radius 1 is 1.17 bits per heavy atom. The summed E-state index contributed by atoms with van der Waals surface area (Å²) in [7, 11) is 0. The lowest BCUT2D eigenvalue weighted by molar-refractivity contribution is 0.786. The van der Waals surface area contributed by atoms with Gasteiger partial charge in [0.1, 0.15) is 0 Å². The second-order valence-electron chi connectivity index (χ2n) is 2.75. The molecule has 0 aliphatic carbocycles. The molecule has 62 valence electrons.